The van der Waals surface area contributed by atoms with Crippen LogP contribution in [0.5, 0.6) is 0 Å². The van der Waals surface area contributed by atoms with E-state index in [9.17, 15) is 9.59 Å². The zero-order chi connectivity index (χ0) is 26.6. The molecule has 1 N–H and O–H groups in total. The third-order valence-electron chi connectivity index (χ3n) is 8.86. The third-order valence-corrected chi connectivity index (χ3v) is 8.86. The Balaban J connectivity index is 1.67. The van der Waals surface area contributed by atoms with Gasteiger partial charge in [0.1, 0.15) is 11.6 Å². The number of ether oxygens (including phenoxy) is 2. The summed E-state index contributed by atoms with van der Waals surface area (Å²) in [6, 6.07) is 9.43. The van der Waals surface area contributed by atoms with Crippen molar-refractivity contribution in [2.45, 2.75) is 83.9 Å². The molecule has 3 aliphatic rings. The van der Waals surface area contributed by atoms with Gasteiger partial charge in [-0.1, -0.05) is 70.5 Å². The van der Waals surface area contributed by atoms with Gasteiger partial charge in [-0.05, 0) is 67.5 Å². The van der Waals surface area contributed by atoms with Gasteiger partial charge in [-0.2, -0.15) is 0 Å². The number of benzene rings is 1. The maximum atomic E-state index is 14.0. The molecule has 0 bridgehead atoms. The van der Waals surface area contributed by atoms with Crippen LogP contribution in [0.25, 0.3) is 0 Å². The molecule has 4 rings (SSSR count). The molecular formula is C31H46N2O4. The standard InChI is InChI=1S/C31H46N2O4/c1-6-16-33-17-10-11-23(20-33)28-26(29(34)37-27-18-22(4)14-15-25(27)21(2)3)19-31(32-28,30(35)36-5)24-12-8-7-9-13-24/h7-9,11-13,21-22,25-28,32H,6,10,14-20H2,1-5H3/t22-,25+,26+,27-,28+,31-/m1/s1. The molecule has 1 saturated carbocycles. The second-order valence-corrected chi connectivity index (χ2v) is 11.8. The molecule has 1 aromatic rings. The Kier molecular flexibility index (Phi) is 9.12. The minimum absolute atomic E-state index is 0.0707. The topological polar surface area (TPSA) is 67.9 Å². The van der Waals surface area contributed by atoms with E-state index in [-0.39, 0.29) is 24.1 Å². The van der Waals surface area contributed by atoms with Gasteiger partial charge in [-0.25, -0.2) is 4.79 Å². The monoisotopic (exact) mass is 510 g/mol. The zero-order valence-corrected chi connectivity index (χ0v) is 23.4. The number of nitrogens with zero attached hydrogens (tertiary/aromatic N) is 1. The number of carbonyl (C=O) groups excluding carboxylic acids is 2. The normalized spacial score (nSPS) is 32.7. The van der Waals surface area contributed by atoms with Crippen LogP contribution in [0.2, 0.25) is 0 Å². The number of esters is 2. The number of methoxy groups -OCH3 is 1. The molecule has 0 unspecified atom stereocenters. The Morgan fingerprint density at radius 3 is 2.62 bits per heavy atom. The highest BCUT2D eigenvalue weighted by molar-refractivity contribution is 5.86. The summed E-state index contributed by atoms with van der Waals surface area (Å²) in [5, 5.41) is 3.64. The van der Waals surface area contributed by atoms with E-state index in [0.29, 0.717) is 24.2 Å². The van der Waals surface area contributed by atoms with Crippen LogP contribution in [0, 0.1) is 23.7 Å². The predicted molar refractivity (Wildman–Crippen MR) is 146 cm³/mol. The first-order valence-corrected chi connectivity index (χ1v) is 14.3. The molecular weight excluding hydrogens is 464 g/mol. The lowest BCUT2D eigenvalue weighted by Gasteiger charge is -2.37. The highest BCUT2D eigenvalue weighted by atomic mass is 16.5. The average molecular weight is 511 g/mol. The molecule has 6 heteroatoms. The Bertz CT molecular complexity index is 961. The van der Waals surface area contributed by atoms with Crippen molar-refractivity contribution in [3.8, 4) is 0 Å². The van der Waals surface area contributed by atoms with Crippen LogP contribution < -0.4 is 5.32 Å². The fraction of sp³-hybridized carbons (Fsp3) is 0.677. The van der Waals surface area contributed by atoms with Crippen molar-refractivity contribution in [2.24, 2.45) is 23.7 Å². The lowest BCUT2D eigenvalue weighted by atomic mass is 9.75. The van der Waals surface area contributed by atoms with Crippen LogP contribution in [0.15, 0.2) is 42.0 Å². The van der Waals surface area contributed by atoms with Gasteiger partial charge in [0.05, 0.1) is 13.0 Å². The van der Waals surface area contributed by atoms with Crippen LogP contribution >= 0.6 is 0 Å². The Morgan fingerprint density at radius 2 is 1.95 bits per heavy atom. The van der Waals surface area contributed by atoms with E-state index < -0.39 is 11.5 Å². The Morgan fingerprint density at radius 1 is 1.19 bits per heavy atom. The SMILES string of the molecule is CCCN1CCC=C([C@@H]2N[C@@](C(=O)OC)(c3ccccc3)C[C@@H]2C(=O)O[C@@H]2C[C@H](C)CC[C@H]2C(C)C)C1. The van der Waals surface area contributed by atoms with Crippen LogP contribution in [-0.4, -0.2) is 55.7 Å². The van der Waals surface area contributed by atoms with Crippen LogP contribution in [-0.2, 0) is 24.6 Å². The van der Waals surface area contributed by atoms with E-state index in [0.717, 1.165) is 50.9 Å². The van der Waals surface area contributed by atoms with Crippen molar-refractivity contribution < 1.29 is 19.1 Å². The quantitative estimate of drug-likeness (QED) is 0.389. The van der Waals surface area contributed by atoms with Gasteiger partial charge in [-0.15, -0.1) is 0 Å². The minimum atomic E-state index is -1.09. The predicted octanol–water partition coefficient (Wildman–Crippen LogP) is 5.08. The van der Waals surface area contributed by atoms with Gasteiger partial charge in [0, 0.05) is 19.1 Å². The van der Waals surface area contributed by atoms with Gasteiger partial charge in [0.15, 0.2) is 0 Å². The second kappa shape index (κ2) is 12.1. The van der Waals surface area contributed by atoms with Gasteiger partial charge in [0.2, 0.25) is 0 Å². The number of hydrogen-bond acceptors (Lipinski definition) is 6. The molecule has 0 spiro atoms. The fourth-order valence-corrected chi connectivity index (χ4v) is 6.85. The number of hydrogen-bond donors (Lipinski definition) is 1. The van der Waals surface area contributed by atoms with Crippen molar-refractivity contribution >= 4 is 11.9 Å². The first-order valence-electron chi connectivity index (χ1n) is 14.3. The third kappa shape index (κ3) is 5.96. The lowest BCUT2D eigenvalue weighted by molar-refractivity contribution is -0.161. The first-order chi connectivity index (χ1) is 17.8. The number of nitrogens with one attached hydrogen (secondary N) is 1. The summed E-state index contributed by atoms with van der Waals surface area (Å²) < 4.78 is 11.7. The van der Waals surface area contributed by atoms with Crippen molar-refractivity contribution in [1.82, 2.24) is 10.2 Å². The highest BCUT2D eigenvalue weighted by Gasteiger charge is 2.56. The molecule has 1 saturated heterocycles. The fourth-order valence-electron chi connectivity index (χ4n) is 6.85. The van der Waals surface area contributed by atoms with E-state index in [4.69, 9.17) is 9.47 Å². The summed E-state index contributed by atoms with van der Waals surface area (Å²) in [5.74, 6) is 0.389. The summed E-state index contributed by atoms with van der Waals surface area (Å²) in [7, 11) is 1.43. The van der Waals surface area contributed by atoms with Crippen molar-refractivity contribution in [3.63, 3.8) is 0 Å². The van der Waals surface area contributed by atoms with E-state index >= 15 is 0 Å². The molecule has 0 aromatic heterocycles. The molecule has 204 valence electrons. The lowest BCUT2D eigenvalue weighted by Crippen LogP contribution is -2.50. The zero-order valence-electron chi connectivity index (χ0n) is 23.4. The summed E-state index contributed by atoms with van der Waals surface area (Å²) in [4.78, 5) is 29.9. The van der Waals surface area contributed by atoms with Gasteiger partial charge in [-0.3, -0.25) is 15.0 Å². The molecule has 6 atom stereocenters. The highest BCUT2D eigenvalue weighted by Crippen LogP contribution is 2.43. The number of carbonyl (C=O) groups is 2. The smallest absolute Gasteiger partial charge is 0.330 e. The van der Waals surface area contributed by atoms with E-state index in [1.807, 2.05) is 30.3 Å². The molecule has 2 heterocycles. The van der Waals surface area contributed by atoms with Crippen LogP contribution in [0.3, 0.4) is 0 Å². The molecule has 1 aliphatic carbocycles. The van der Waals surface area contributed by atoms with Crippen LogP contribution in [0.4, 0.5) is 0 Å². The summed E-state index contributed by atoms with van der Waals surface area (Å²) in [6.07, 6.45) is 7.74. The maximum Gasteiger partial charge on any atom is 0.330 e. The molecule has 2 fully saturated rings. The molecule has 37 heavy (non-hydrogen) atoms. The summed E-state index contributed by atoms with van der Waals surface area (Å²) in [6.45, 7) is 11.8. The molecule has 6 nitrogen and oxygen atoms in total. The molecule has 2 aliphatic heterocycles. The summed E-state index contributed by atoms with van der Waals surface area (Å²) in [5.41, 5.74) is 0.923. The van der Waals surface area contributed by atoms with E-state index in [1.165, 1.54) is 19.1 Å². The minimum Gasteiger partial charge on any atom is -0.467 e. The van der Waals surface area contributed by atoms with Crippen molar-refractivity contribution in [3.05, 3.63) is 47.5 Å². The van der Waals surface area contributed by atoms with Gasteiger partial charge in [0.25, 0.3) is 0 Å². The largest absolute Gasteiger partial charge is 0.467 e. The maximum absolute atomic E-state index is 14.0. The Hall–Kier alpha value is -2.18. The molecule has 0 amide bonds. The van der Waals surface area contributed by atoms with E-state index in [1.54, 1.807) is 0 Å². The van der Waals surface area contributed by atoms with Crippen molar-refractivity contribution in [2.75, 3.05) is 26.7 Å². The van der Waals surface area contributed by atoms with E-state index in [2.05, 4.69) is 44.0 Å². The summed E-state index contributed by atoms with van der Waals surface area (Å²) >= 11 is 0. The van der Waals surface area contributed by atoms with Gasteiger partial charge < -0.3 is 9.47 Å². The molecule has 1 aromatic carbocycles. The average Bonchev–Trinajstić information content (AvgIpc) is 3.31. The van der Waals surface area contributed by atoms with Gasteiger partial charge >= 0.3 is 11.9 Å². The first kappa shape index (κ1) is 27.8. The Labute approximate surface area is 223 Å². The molecule has 0 radical (unpaired) electrons. The second-order valence-electron chi connectivity index (χ2n) is 11.8. The van der Waals surface area contributed by atoms with Crippen LogP contribution in [0.1, 0.15) is 71.8 Å². The van der Waals surface area contributed by atoms with Crippen molar-refractivity contribution in [1.29, 1.82) is 0 Å². The number of rotatable bonds is 8.